The van der Waals surface area contributed by atoms with Gasteiger partial charge < -0.3 is 15.5 Å². The number of H-pyrrole nitrogens is 1. The molecule has 4 aromatic rings. The monoisotopic (exact) mass is 407 g/mol. The summed E-state index contributed by atoms with van der Waals surface area (Å²) in [6.07, 6.45) is 1.69. The minimum absolute atomic E-state index is 0.179. The highest BCUT2D eigenvalue weighted by molar-refractivity contribution is 5.87. The first kappa shape index (κ1) is 18.3. The largest absolute Gasteiger partial charge is 0.368 e. The average Bonchev–Trinajstić information content (AvgIpc) is 3.13. The van der Waals surface area contributed by atoms with Crippen molar-refractivity contribution in [2.24, 2.45) is 0 Å². The Kier molecular flexibility index (Phi) is 4.42. The Morgan fingerprint density at radius 1 is 1.03 bits per heavy atom. The molecule has 1 aliphatic heterocycles. The second-order valence-corrected chi connectivity index (χ2v) is 7.26. The molecular weight excluding hydrogens is 388 g/mol. The van der Waals surface area contributed by atoms with E-state index in [1.165, 1.54) is 12.1 Å². The molecule has 5 rings (SSSR count). The fraction of sp³-hybridized carbons (Fsp3) is 0.190. The average molecular weight is 407 g/mol. The Hall–Kier alpha value is -3.75. The van der Waals surface area contributed by atoms with Gasteiger partial charge in [-0.25, -0.2) is 8.78 Å². The summed E-state index contributed by atoms with van der Waals surface area (Å²) in [4.78, 5) is 13.0. The van der Waals surface area contributed by atoms with Crippen LogP contribution in [0.5, 0.6) is 0 Å². The van der Waals surface area contributed by atoms with Gasteiger partial charge >= 0.3 is 0 Å². The number of halogens is 2. The summed E-state index contributed by atoms with van der Waals surface area (Å²) < 4.78 is 27.0. The first-order valence-corrected chi connectivity index (χ1v) is 9.57. The molecule has 1 aliphatic rings. The van der Waals surface area contributed by atoms with Gasteiger partial charge in [0, 0.05) is 31.9 Å². The van der Waals surface area contributed by atoms with E-state index in [1.54, 1.807) is 12.3 Å². The molecule has 0 amide bonds. The summed E-state index contributed by atoms with van der Waals surface area (Å²) in [7, 11) is 0. The summed E-state index contributed by atoms with van der Waals surface area (Å²) in [5.74, 6) is -0.781. The fourth-order valence-corrected chi connectivity index (χ4v) is 3.88. The van der Waals surface area contributed by atoms with Crippen LogP contribution in [0.25, 0.3) is 11.0 Å². The van der Waals surface area contributed by atoms with Gasteiger partial charge in [-0.1, -0.05) is 24.3 Å². The maximum atomic E-state index is 13.7. The van der Waals surface area contributed by atoms with Crippen LogP contribution >= 0.6 is 0 Å². The van der Waals surface area contributed by atoms with Crippen molar-refractivity contribution in [2.75, 3.05) is 28.6 Å². The number of hydrogen-bond donors (Lipinski definition) is 2. The van der Waals surface area contributed by atoms with Gasteiger partial charge in [-0.2, -0.15) is 15.1 Å². The number of benzene rings is 2. The minimum atomic E-state index is -0.841. The number of nitrogen functional groups attached to an aromatic ring is 1. The zero-order valence-corrected chi connectivity index (χ0v) is 16.0. The maximum absolute atomic E-state index is 13.7. The zero-order valence-electron chi connectivity index (χ0n) is 16.0. The van der Waals surface area contributed by atoms with Crippen LogP contribution in [-0.4, -0.2) is 33.3 Å². The van der Waals surface area contributed by atoms with Gasteiger partial charge in [0.25, 0.3) is 0 Å². The van der Waals surface area contributed by atoms with E-state index in [9.17, 15) is 8.78 Å². The van der Waals surface area contributed by atoms with Crippen molar-refractivity contribution in [3.63, 3.8) is 0 Å². The first-order chi connectivity index (χ1) is 14.6. The summed E-state index contributed by atoms with van der Waals surface area (Å²) in [5.41, 5.74) is 9.36. The van der Waals surface area contributed by atoms with E-state index in [0.717, 1.165) is 22.5 Å². The first-order valence-electron chi connectivity index (χ1n) is 9.57. The molecule has 0 fully saturated rings. The Morgan fingerprint density at radius 2 is 1.90 bits per heavy atom. The number of aromatic amines is 1. The van der Waals surface area contributed by atoms with Gasteiger partial charge in [-0.3, -0.25) is 5.10 Å². The van der Waals surface area contributed by atoms with Gasteiger partial charge in [0.05, 0.1) is 11.6 Å². The lowest BCUT2D eigenvalue weighted by molar-refractivity contribution is 0.507. The number of rotatable bonds is 3. The molecule has 9 heteroatoms. The van der Waals surface area contributed by atoms with Crippen LogP contribution in [0.1, 0.15) is 11.1 Å². The molecule has 30 heavy (non-hydrogen) atoms. The number of fused-ring (bicyclic) bond motifs is 2. The van der Waals surface area contributed by atoms with Gasteiger partial charge in [-0.05, 0) is 29.3 Å². The molecule has 0 saturated carbocycles. The normalized spacial score (nSPS) is 14.1. The van der Waals surface area contributed by atoms with Gasteiger partial charge in [0.1, 0.15) is 5.82 Å². The molecule has 0 saturated heterocycles. The minimum Gasteiger partial charge on any atom is -0.368 e. The highest BCUT2D eigenvalue weighted by atomic mass is 19.2. The van der Waals surface area contributed by atoms with Gasteiger partial charge in [0.2, 0.25) is 5.95 Å². The summed E-state index contributed by atoms with van der Waals surface area (Å²) in [6.45, 7) is 2.42. The molecule has 3 heterocycles. The number of aromatic nitrogens is 4. The SMILES string of the molecule is Nc1nc(N2CCN(Cc3ccc(F)c(F)c3)c3ccccc3C2)c2cn[nH]c2n1. The van der Waals surface area contributed by atoms with E-state index < -0.39 is 11.6 Å². The van der Waals surface area contributed by atoms with Crippen LogP contribution in [0.15, 0.2) is 48.7 Å². The summed E-state index contributed by atoms with van der Waals surface area (Å²) >= 11 is 0. The third kappa shape index (κ3) is 3.28. The Balaban J connectivity index is 1.50. The van der Waals surface area contributed by atoms with E-state index >= 15 is 0 Å². The standard InChI is InChI=1S/C21H19F2N7/c22-16-6-5-13(9-17(16)23)11-29-7-8-30(12-14-3-1-2-4-18(14)29)20-15-10-25-28-19(15)26-21(24)27-20/h1-6,9-10H,7-8,11-12H2,(H3,24,25,26,27,28). The number of nitrogens with zero attached hydrogens (tertiary/aromatic N) is 5. The highest BCUT2D eigenvalue weighted by Crippen LogP contribution is 2.31. The fourth-order valence-electron chi connectivity index (χ4n) is 3.88. The molecule has 0 atom stereocenters. The highest BCUT2D eigenvalue weighted by Gasteiger charge is 2.23. The van der Waals surface area contributed by atoms with Crippen molar-refractivity contribution in [1.82, 2.24) is 20.2 Å². The van der Waals surface area contributed by atoms with E-state index in [2.05, 4.69) is 36.0 Å². The van der Waals surface area contributed by atoms with E-state index in [-0.39, 0.29) is 5.95 Å². The van der Waals surface area contributed by atoms with Crippen LogP contribution in [0.2, 0.25) is 0 Å². The molecule has 152 valence electrons. The predicted molar refractivity (Wildman–Crippen MR) is 111 cm³/mol. The Bertz CT molecular complexity index is 1220. The van der Waals surface area contributed by atoms with E-state index in [0.29, 0.717) is 37.4 Å². The van der Waals surface area contributed by atoms with Crippen LogP contribution in [-0.2, 0) is 13.1 Å². The number of hydrogen-bond acceptors (Lipinski definition) is 6. The van der Waals surface area contributed by atoms with Crippen LogP contribution < -0.4 is 15.5 Å². The zero-order chi connectivity index (χ0) is 20.7. The van der Waals surface area contributed by atoms with Crippen LogP contribution in [0, 0.1) is 11.6 Å². The molecule has 0 bridgehead atoms. The van der Waals surface area contributed by atoms with E-state index in [1.807, 2.05) is 18.2 Å². The van der Waals surface area contributed by atoms with Crippen LogP contribution in [0.4, 0.5) is 26.2 Å². The molecule has 0 unspecified atom stereocenters. The van der Waals surface area contributed by atoms with Crippen LogP contribution in [0.3, 0.4) is 0 Å². The number of nitrogens with one attached hydrogen (secondary N) is 1. The lowest BCUT2D eigenvalue weighted by Crippen LogP contribution is -2.32. The molecule has 2 aromatic heterocycles. The van der Waals surface area contributed by atoms with Crippen molar-refractivity contribution >= 4 is 28.5 Å². The molecule has 0 aliphatic carbocycles. The van der Waals surface area contributed by atoms with Crippen molar-refractivity contribution in [2.45, 2.75) is 13.1 Å². The Morgan fingerprint density at radius 3 is 2.77 bits per heavy atom. The molecule has 3 N–H and O–H groups in total. The predicted octanol–water partition coefficient (Wildman–Crippen LogP) is 3.24. The second kappa shape index (κ2) is 7.25. The lowest BCUT2D eigenvalue weighted by atomic mass is 10.1. The van der Waals surface area contributed by atoms with Gasteiger partial charge in [0.15, 0.2) is 17.3 Å². The maximum Gasteiger partial charge on any atom is 0.224 e. The quantitative estimate of drug-likeness (QED) is 0.542. The van der Waals surface area contributed by atoms with Gasteiger partial charge in [-0.15, -0.1) is 0 Å². The molecular formula is C21H19F2N7. The summed E-state index contributed by atoms with van der Waals surface area (Å²) in [5, 5.41) is 7.71. The molecule has 0 spiro atoms. The molecule has 7 nitrogen and oxygen atoms in total. The second-order valence-electron chi connectivity index (χ2n) is 7.26. The van der Waals surface area contributed by atoms with Crippen molar-refractivity contribution in [3.8, 4) is 0 Å². The molecule has 0 radical (unpaired) electrons. The third-order valence-corrected chi connectivity index (χ3v) is 5.30. The lowest BCUT2D eigenvalue weighted by Gasteiger charge is -2.25. The number of anilines is 3. The van der Waals surface area contributed by atoms with E-state index in [4.69, 9.17) is 5.73 Å². The number of nitrogens with two attached hydrogens (primary N) is 1. The van der Waals surface area contributed by atoms with Crippen molar-refractivity contribution in [3.05, 3.63) is 71.4 Å². The third-order valence-electron chi connectivity index (χ3n) is 5.30. The Labute approximate surface area is 171 Å². The summed E-state index contributed by atoms with van der Waals surface area (Å²) in [6, 6.07) is 12.1. The number of para-hydroxylation sites is 1. The van der Waals surface area contributed by atoms with Crippen molar-refractivity contribution < 1.29 is 8.78 Å². The smallest absolute Gasteiger partial charge is 0.224 e. The van der Waals surface area contributed by atoms with Crippen molar-refractivity contribution in [1.29, 1.82) is 0 Å². The topological polar surface area (TPSA) is 87.0 Å². The molecule has 2 aromatic carbocycles.